The molecular formula is C45H40N4Si. The fourth-order valence-electron chi connectivity index (χ4n) is 7.80. The van der Waals surface area contributed by atoms with E-state index in [-0.39, 0.29) is 5.04 Å². The lowest BCUT2D eigenvalue weighted by molar-refractivity contribution is 0.713. The van der Waals surface area contributed by atoms with Crippen LogP contribution in [0.15, 0.2) is 176 Å². The summed E-state index contributed by atoms with van der Waals surface area (Å²) in [6.07, 6.45) is 0. The van der Waals surface area contributed by atoms with E-state index in [1.165, 1.54) is 16.0 Å². The molecule has 1 unspecified atom stereocenters. The van der Waals surface area contributed by atoms with Gasteiger partial charge in [0.25, 0.3) is 0 Å². The molecule has 8 rings (SSSR count). The number of nitrogens with zero attached hydrogens (tertiary/aromatic N) is 4. The van der Waals surface area contributed by atoms with Crippen molar-refractivity contribution in [2.24, 2.45) is 0 Å². The first-order valence-corrected chi connectivity index (χ1v) is 19.2. The largest absolute Gasteiger partial charge is 0.333 e. The Bertz CT molecular complexity index is 2330. The fraction of sp³-hybridized carbons (Fsp3) is 0.111. The zero-order chi connectivity index (χ0) is 34.3. The number of hydrogen-bond donors (Lipinski definition) is 0. The highest BCUT2D eigenvalue weighted by molar-refractivity contribution is 7.03. The molecule has 5 aromatic carbocycles. The Hall–Kier alpha value is -5.78. The van der Waals surface area contributed by atoms with Crippen LogP contribution < -0.4 is 14.3 Å². The number of rotatable bonds is 6. The lowest BCUT2D eigenvalue weighted by Crippen LogP contribution is -2.74. The Morgan fingerprint density at radius 1 is 0.460 bits per heavy atom. The molecule has 1 atom stereocenters. The molecule has 7 aromatic rings. The second-order valence-electron chi connectivity index (χ2n) is 13.9. The van der Waals surface area contributed by atoms with Crippen molar-refractivity contribution in [2.75, 3.05) is 9.13 Å². The smallest absolute Gasteiger partial charge is 0.315 e. The lowest BCUT2D eigenvalue weighted by Gasteiger charge is -2.52. The molecule has 244 valence electrons. The highest BCUT2D eigenvalue weighted by Crippen LogP contribution is 2.54. The van der Waals surface area contributed by atoms with E-state index in [2.05, 4.69) is 207 Å². The maximum absolute atomic E-state index is 5.52. The zero-order valence-electron chi connectivity index (χ0n) is 29.0. The van der Waals surface area contributed by atoms with Gasteiger partial charge in [-0.15, -0.1) is 0 Å². The van der Waals surface area contributed by atoms with Gasteiger partial charge in [-0.3, -0.25) is 0 Å². The minimum Gasteiger partial charge on any atom is -0.333 e. The van der Waals surface area contributed by atoms with Crippen LogP contribution in [0.1, 0.15) is 33.3 Å². The van der Waals surface area contributed by atoms with Crippen molar-refractivity contribution < 1.29 is 0 Å². The lowest BCUT2D eigenvalue weighted by atomic mass is 10.1. The summed E-state index contributed by atoms with van der Waals surface area (Å²) in [4.78, 5) is 11.0. The average Bonchev–Trinajstić information content (AvgIpc) is 3.45. The molecule has 0 saturated carbocycles. The topological polar surface area (TPSA) is 32.3 Å². The predicted molar refractivity (Wildman–Crippen MR) is 212 cm³/mol. The number of allylic oxidation sites excluding steroid dienone is 1. The third-order valence-electron chi connectivity index (χ3n) is 9.87. The second-order valence-corrected chi connectivity index (χ2v) is 18.2. The van der Waals surface area contributed by atoms with Crippen LogP contribution in [0.4, 0.5) is 11.6 Å². The highest BCUT2D eigenvalue weighted by atomic mass is 28.4. The molecule has 3 heterocycles. The maximum atomic E-state index is 5.52. The van der Waals surface area contributed by atoms with Crippen LogP contribution >= 0.6 is 0 Å². The number of fused-ring (bicyclic) bond motifs is 1. The summed E-state index contributed by atoms with van der Waals surface area (Å²) in [5.41, 5.74) is 7.57. The van der Waals surface area contributed by atoms with Crippen LogP contribution in [0.2, 0.25) is 5.04 Å². The van der Waals surface area contributed by atoms with Crippen molar-refractivity contribution >= 4 is 41.7 Å². The Balaban J connectivity index is 1.51. The summed E-state index contributed by atoms with van der Waals surface area (Å²) in [5, 5.41) is 3.55. The van der Waals surface area contributed by atoms with Gasteiger partial charge in [0.05, 0.1) is 17.1 Å². The molecule has 5 heteroatoms. The van der Waals surface area contributed by atoms with Crippen LogP contribution in [-0.2, 0) is 0 Å². The van der Waals surface area contributed by atoms with Gasteiger partial charge in [-0.25, -0.2) is 9.97 Å². The molecule has 1 aliphatic heterocycles. The van der Waals surface area contributed by atoms with Crippen molar-refractivity contribution in [3.63, 3.8) is 0 Å². The van der Waals surface area contributed by atoms with E-state index < -0.39 is 8.40 Å². The molecule has 0 radical (unpaired) electrons. The standard InChI is InChI=1S/C45H40N4Si/c1-33-44(37-24-12-7-13-25-37)49(43-32-18-29-40(47-43)36-22-10-6-11-23-36)50(45(2,3)4,41-30-16-26-34-19-14-15-27-38(34)41)48(33)42-31-17-28-39(46-42)35-20-8-5-9-21-35/h5-32H,1-4H3. The van der Waals surface area contributed by atoms with Crippen LogP contribution in [-0.4, -0.2) is 18.4 Å². The first kappa shape index (κ1) is 31.5. The van der Waals surface area contributed by atoms with Crippen molar-refractivity contribution in [3.8, 4) is 22.5 Å². The summed E-state index contributed by atoms with van der Waals surface area (Å²) >= 11 is 0. The number of benzene rings is 5. The Labute approximate surface area is 296 Å². The molecule has 0 amide bonds. The third kappa shape index (κ3) is 5.13. The quantitative estimate of drug-likeness (QED) is 0.166. The Kier molecular flexibility index (Phi) is 7.93. The molecule has 2 aromatic heterocycles. The van der Waals surface area contributed by atoms with E-state index in [9.17, 15) is 0 Å². The first-order chi connectivity index (χ1) is 24.4. The number of anilines is 2. The molecule has 4 nitrogen and oxygen atoms in total. The molecular weight excluding hydrogens is 625 g/mol. The molecule has 0 N–H and O–H groups in total. The van der Waals surface area contributed by atoms with Gasteiger partial charge in [0.2, 0.25) is 0 Å². The third-order valence-corrected chi connectivity index (χ3v) is 15.5. The van der Waals surface area contributed by atoms with Crippen molar-refractivity contribution in [1.29, 1.82) is 0 Å². The molecule has 0 saturated heterocycles. The van der Waals surface area contributed by atoms with Crippen molar-refractivity contribution in [1.82, 2.24) is 9.97 Å². The van der Waals surface area contributed by atoms with E-state index in [1.54, 1.807) is 0 Å². The van der Waals surface area contributed by atoms with Crippen LogP contribution in [0.25, 0.3) is 39.0 Å². The summed E-state index contributed by atoms with van der Waals surface area (Å²) < 4.78 is 5.27. The number of pyridine rings is 2. The van der Waals surface area contributed by atoms with E-state index >= 15 is 0 Å². The predicted octanol–water partition coefficient (Wildman–Crippen LogP) is 10.8. The van der Waals surface area contributed by atoms with Gasteiger partial charge >= 0.3 is 8.40 Å². The fourth-order valence-corrected chi connectivity index (χ4v) is 13.7. The summed E-state index contributed by atoms with van der Waals surface area (Å²) in [6, 6.07) is 60.4. The zero-order valence-corrected chi connectivity index (χ0v) is 30.0. The minimum atomic E-state index is -3.20. The Morgan fingerprint density at radius 2 is 0.920 bits per heavy atom. The molecule has 0 spiro atoms. The van der Waals surface area contributed by atoms with E-state index in [1.807, 2.05) is 0 Å². The van der Waals surface area contributed by atoms with Gasteiger partial charge in [0, 0.05) is 16.8 Å². The molecule has 0 aliphatic carbocycles. The SMILES string of the molecule is CC1=C(c2ccccc2)N(c2cccc(-c3ccccc3)n2)[Si](c2cccc3ccccc23)(C(C)(C)C)N1c1cccc(-c2ccccc2)n1. The van der Waals surface area contributed by atoms with E-state index in [0.717, 1.165) is 51.1 Å². The first-order valence-electron chi connectivity index (χ1n) is 17.3. The Morgan fingerprint density at radius 3 is 1.48 bits per heavy atom. The summed E-state index contributed by atoms with van der Waals surface area (Å²) in [5.74, 6) is 1.87. The normalized spacial score (nSPS) is 16.3. The molecule has 50 heavy (non-hydrogen) atoms. The number of aromatic nitrogens is 2. The van der Waals surface area contributed by atoms with Gasteiger partial charge in [0.1, 0.15) is 11.6 Å². The van der Waals surface area contributed by atoms with Gasteiger partial charge in [-0.05, 0) is 57.8 Å². The highest BCUT2D eigenvalue weighted by Gasteiger charge is 2.64. The van der Waals surface area contributed by atoms with Crippen LogP contribution in [0.5, 0.6) is 0 Å². The van der Waals surface area contributed by atoms with E-state index in [4.69, 9.17) is 9.97 Å². The molecule has 1 aliphatic rings. The molecule has 0 fully saturated rings. The van der Waals surface area contributed by atoms with Crippen LogP contribution in [0.3, 0.4) is 0 Å². The maximum Gasteiger partial charge on any atom is 0.315 e. The van der Waals surface area contributed by atoms with Gasteiger partial charge in [-0.2, -0.15) is 0 Å². The van der Waals surface area contributed by atoms with Gasteiger partial charge in [-0.1, -0.05) is 166 Å². The summed E-state index contributed by atoms with van der Waals surface area (Å²) in [7, 11) is -3.20. The average molecular weight is 665 g/mol. The van der Waals surface area contributed by atoms with Crippen LogP contribution in [0, 0.1) is 0 Å². The monoisotopic (exact) mass is 664 g/mol. The minimum absolute atomic E-state index is 0.260. The second kappa shape index (κ2) is 12.6. The van der Waals surface area contributed by atoms with Gasteiger partial charge in [0.15, 0.2) is 0 Å². The van der Waals surface area contributed by atoms with E-state index in [0.29, 0.717) is 0 Å². The van der Waals surface area contributed by atoms with Crippen molar-refractivity contribution in [2.45, 2.75) is 32.7 Å². The van der Waals surface area contributed by atoms with Gasteiger partial charge < -0.3 is 9.13 Å². The molecule has 0 bridgehead atoms. The summed E-state index contributed by atoms with van der Waals surface area (Å²) in [6.45, 7) is 9.50. The van der Waals surface area contributed by atoms with Crippen molar-refractivity contribution in [3.05, 3.63) is 181 Å². The number of hydrogen-bond acceptors (Lipinski definition) is 4.